The van der Waals surface area contributed by atoms with E-state index < -0.39 is 6.10 Å². The van der Waals surface area contributed by atoms with Crippen molar-refractivity contribution in [2.75, 3.05) is 11.9 Å². The Labute approximate surface area is 131 Å². The summed E-state index contributed by atoms with van der Waals surface area (Å²) in [4.78, 5) is 0. The van der Waals surface area contributed by atoms with E-state index in [2.05, 4.69) is 31.3 Å². The number of benzene rings is 2. The van der Waals surface area contributed by atoms with Crippen LogP contribution in [0.3, 0.4) is 0 Å². The summed E-state index contributed by atoms with van der Waals surface area (Å²) < 4.78 is 0. The van der Waals surface area contributed by atoms with Crippen molar-refractivity contribution < 1.29 is 10.2 Å². The molecular weight excluding hydrogens is 276 g/mol. The Morgan fingerprint density at radius 1 is 1.05 bits per heavy atom. The molecule has 4 heteroatoms. The molecule has 2 aromatic carbocycles. The molecule has 0 saturated heterocycles. The molecule has 0 aliphatic rings. The Balaban J connectivity index is 1.90. The lowest BCUT2D eigenvalue weighted by molar-refractivity contribution is 0.143. The topological polar surface area (TPSA) is 78.5 Å². The van der Waals surface area contributed by atoms with E-state index in [1.54, 1.807) is 24.3 Å². The van der Waals surface area contributed by atoms with Crippen LogP contribution in [0.1, 0.15) is 29.2 Å². The molecule has 0 spiro atoms. The van der Waals surface area contributed by atoms with E-state index in [0.717, 1.165) is 11.3 Å². The number of phenolic OH excluding ortho intramolecular Hbond substituents is 1. The second-order valence-corrected chi connectivity index (χ2v) is 5.68. The Bertz CT molecular complexity index is 591. The summed E-state index contributed by atoms with van der Waals surface area (Å²) in [6.07, 6.45) is -0.0871. The maximum Gasteiger partial charge on any atom is 0.115 e. The summed E-state index contributed by atoms with van der Waals surface area (Å²) in [7, 11) is 0. The van der Waals surface area contributed by atoms with Crippen molar-refractivity contribution >= 4 is 5.69 Å². The summed E-state index contributed by atoms with van der Waals surface area (Å²) in [5.74, 6) is 0.182. The lowest BCUT2D eigenvalue weighted by atomic mass is 10.00. The van der Waals surface area contributed by atoms with Gasteiger partial charge in [-0.1, -0.05) is 30.3 Å². The van der Waals surface area contributed by atoms with Crippen LogP contribution in [0.4, 0.5) is 5.69 Å². The first-order chi connectivity index (χ1) is 10.5. The summed E-state index contributed by atoms with van der Waals surface area (Å²) in [5, 5.41) is 22.9. The smallest absolute Gasteiger partial charge is 0.115 e. The van der Waals surface area contributed by atoms with Crippen LogP contribution in [0.25, 0.3) is 0 Å². The van der Waals surface area contributed by atoms with Crippen molar-refractivity contribution in [1.29, 1.82) is 0 Å². The summed E-state index contributed by atoms with van der Waals surface area (Å²) >= 11 is 0. The highest BCUT2D eigenvalue weighted by atomic mass is 16.3. The molecule has 4 nitrogen and oxygen atoms in total. The second kappa shape index (κ2) is 7.29. The first-order valence-corrected chi connectivity index (χ1v) is 7.51. The SMILES string of the molecule is Cc1cccc(C)c1NCCC(N)C(O)c1ccc(O)cc1. The predicted octanol–water partition coefficient (Wildman–Crippen LogP) is 2.87. The third-order valence-corrected chi connectivity index (χ3v) is 3.90. The van der Waals surface area contributed by atoms with E-state index in [1.165, 1.54) is 11.1 Å². The lowest BCUT2D eigenvalue weighted by Gasteiger charge is -2.20. The van der Waals surface area contributed by atoms with Crippen molar-refractivity contribution in [3.05, 3.63) is 59.2 Å². The van der Waals surface area contributed by atoms with Crippen LogP contribution < -0.4 is 11.1 Å². The quantitative estimate of drug-likeness (QED) is 0.661. The molecule has 0 saturated carbocycles. The normalized spacial score (nSPS) is 13.6. The highest BCUT2D eigenvalue weighted by Gasteiger charge is 2.16. The van der Waals surface area contributed by atoms with Crippen molar-refractivity contribution in [2.45, 2.75) is 32.4 Å². The van der Waals surface area contributed by atoms with E-state index in [9.17, 15) is 10.2 Å². The lowest BCUT2D eigenvalue weighted by Crippen LogP contribution is -2.30. The number of aliphatic hydroxyl groups is 1. The number of para-hydroxylation sites is 1. The third kappa shape index (κ3) is 4.00. The van der Waals surface area contributed by atoms with Gasteiger partial charge in [-0.15, -0.1) is 0 Å². The molecule has 22 heavy (non-hydrogen) atoms. The number of aliphatic hydroxyl groups excluding tert-OH is 1. The average molecular weight is 300 g/mol. The number of anilines is 1. The van der Waals surface area contributed by atoms with E-state index in [-0.39, 0.29) is 11.8 Å². The van der Waals surface area contributed by atoms with Crippen molar-refractivity contribution in [2.24, 2.45) is 5.73 Å². The van der Waals surface area contributed by atoms with Gasteiger partial charge >= 0.3 is 0 Å². The first kappa shape index (κ1) is 16.3. The van der Waals surface area contributed by atoms with Gasteiger partial charge < -0.3 is 21.3 Å². The van der Waals surface area contributed by atoms with Crippen LogP contribution in [0.15, 0.2) is 42.5 Å². The molecule has 0 amide bonds. The zero-order valence-electron chi connectivity index (χ0n) is 13.1. The summed E-state index contributed by atoms with van der Waals surface area (Å²) in [6.45, 7) is 4.84. The van der Waals surface area contributed by atoms with Gasteiger partial charge in [-0.05, 0) is 49.1 Å². The van der Waals surface area contributed by atoms with Crippen LogP contribution in [-0.2, 0) is 0 Å². The van der Waals surface area contributed by atoms with Crippen LogP contribution in [0.5, 0.6) is 5.75 Å². The van der Waals surface area contributed by atoms with Gasteiger partial charge in [-0.3, -0.25) is 0 Å². The average Bonchev–Trinajstić information content (AvgIpc) is 2.50. The van der Waals surface area contributed by atoms with Crippen molar-refractivity contribution in [3.8, 4) is 5.75 Å². The number of phenols is 1. The van der Waals surface area contributed by atoms with Gasteiger partial charge in [0.05, 0.1) is 6.10 Å². The van der Waals surface area contributed by atoms with Crippen LogP contribution in [0, 0.1) is 13.8 Å². The third-order valence-electron chi connectivity index (χ3n) is 3.90. The standard InChI is InChI=1S/C18H24N2O2/c1-12-4-3-5-13(2)17(12)20-11-10-16(19)18(22)14-6-8-15(21)9-7-14/h3-9,16,18,20-22H,10-11,19H2,1-2H3. The molecule has 118 valence electrons. The molecule has 0 aromatic heterocycles. The van der Waals surface area contributed by atoms with Crippen molar-refractivity contribution in [3.63, 3.8) is 0 Å². The van der Waals surface area contributed by atoms with Gasteiger partial charge in [0, 0.05) is 18.3 Å². The van der Waals surface area contributed by atoms with Gasteiger partial charge in [0.2, 0.25) is 0 Å². The zero-order chi connectivity index (χ0) is 16.1. The zero-order valence-corrected chi connectivity index (χ0v) is 13.1. The fraction of sp³-hybridized carbons (Fsp3) is 0.333. The molecular formula is C18H24N2O2. The molecule has 2 atom stereocenters. The molecule has 2 rings (SSSR count). The largest absolute Gasteiger partial charge is 0.508 e. The molecule has 0 aliphatic heterocycles. The molecule has 0 bridgehead atoms. The Morgan fingerprint density at radius 3 is 2.23 bits per heavy atom. The van der Waals surface area contributed by atoms with Crippen LogP contribution >= 0.6 is 0 Å². The predicted molar refractivity (Wildman–Crippen MR) is 90.1 cm³/mol. The van der Waals surface area contributed by atoms with E-state index >= 15 is 0 Å². The van der Waals surface area contributed by atoms with Gasteiger partial charge in [0.1, 0.15) is 5.75 Å². The number of hydrogen-bond donors (Lipinski definition) is 4. The van der Waals surface area contributed by atoms with Gasteiger partial charge in [-0.25, -0.2) is 0 Å². The van der Waals surface area contributed by atoms with Gasteiger partial charge in [-0.2, -0.15) is 0 Å². The highest BCUT2D eigenvalue weighted by Crippen LogP contribution is 2.22. The van der Waals surface area contributed by atoms with Crippen LogP contribution in [-0.4, -0.2) is 22.8 Å². The minimum absolute atomic E-state index is 0.182. The van der Waals surface area contributed by atoms with Crippen LogP contribution in [0.2, 0.25) is 0 Å². The molecule has 0 heterocycles. The fourth-order valence-corrected chi connectivity index (χ4v) is 2.53. The summed E-state index contributed by atoms with van der Waals surface area (Å²) in [5.41, 5.74) is 10.3. The minimum Gasteiger partial charge on any atom is -0.508 e. The molecule has 0 fully saturated rings. The number of nitrogens with one attached hydrogen (secondary N) is 1. The monoisotopic (exact) mass is 300 g/mol. The molecule has 0 radical (unpaired) electrons. The second-order valence-electron chi connectivity index (χ2n) is 5.68. The summed E-state index contributed by atoms with van der Waals surface area (Å²) in [6, 6.07) is 12.3. The number of hydrogen-bond acceptors (Lipinski definition) is 4. The Morgan fingerprint density at radius 2 is 1.64 bits per heavy atom. The molecule has 5 N–H and O–H groups in total. The minimum atomic E-state index is -0.736. The number of aryl methyl sites for hydroxylation is 2. The molecule has 2 unspecified atom stereocenters. The fourth-order valence-electron chi connectivity index (χ4n) is 2.53. The molecule has 0 aliphatic carbocycles. The number of aromatic hydroxyl groups is 1. The Kier molecular flexibility index (Phi) is 5.41. The molecule has 2 aromatic rings. The Hall–Kier alpha value is -2.04. The highest BCUT2D eigenvalue weighted by molar-refractivity contribution is 5.56. The first-order valence-electron chi connectivity index (χ1n) is 7.51. The van der Waals surface area contributed by atoms with Gasteiger partial charge in [0.25, 0.3) is 0 Å². The van der Waals surface area contributed by atoms with E-state index in [0.29, 0.717) is 13.0 Å². The van der Waals surface area contributed by atoms with E-state index in [4.69, 9.17) is 5.73 Å². The van der Waals surface area contributed by atoms with E-state index in [1.807, 2.05) is 6.07 Å². The maximum atomic E-state index is 10.3. The number of rotatable bonds is 6. The van der Waals surface area contributed by atoms with Gasteiger partial charge in [0.15, 0.2) is 0 Å². The number of nitrogens with two attached hydrogens (primary N) is 1. The van der Waals surface area contributed by atoms with Crippen molar-refractivity contribution in [1.82, 2.24) is 0 Å². The maximum absolute atomic E-state index is 10.3.